The van der Waals surface area contributed by atoms with Gasteiger partial charge in [-0.3, -0.25) is 4.79 Å². The second kappa shape index (κ2) is 15.0. The van der Waals surface area contributed by atoms with Crippen molar-refractivity contribution in [3.05, 3.63) is 18.2 Å². The van der Waals surface area contributed by atoms with E-state index < -0.39 is 0 Å². The van der Waals surface area contributed by atoms with Crippen LogP contribution in [0.5, 0.6) is 5.75 Å². The normalized spacial score (nSPS) is 15.0. The van der Waals surface area contributed by atoms with Crippen molar-refractivity contribution in [1.82, 2.24) is 39.6 Å². The third-order valence-electron chi connectivity index (χ3n) is 5.93. The first-order chi connectivity index (χ1) is 15.5. The molecule has 4 rings (SSSR count). The summed E-state index contributed by atoms with van der Waals surface area (Å²) in [5.74, 6) is 1.54. The van der Waals surface area contributed by atoms with Crippen molar-refractivity contribution < 1.29 is 15.6 Å². The molecule has 212 valence electrons. The molecule has 0 atom stereocenters. The number of phenolic OH excluding ortho intramolecular Hbond substituents is 1. The van der Waals surface area contributed by atoms with Crippen LogP contribution in [0.2, 0.25) is 0 Å². The summed E-state index contributed by atoms with van der Waals surface area (Å²) in [6.45, 7) is 7.43. The van der Waals surface area contributed by atoms with Crippen LogP contribution in [0, 0.1) is 5.92 Å². The number of amides is 1. The highest BCUT2D eigenvalue weighted by molar-refractivity contribution is 5.93. The van der Waals surface area contributed by atoms with Gasteiger partial charge in [-0.1, -0.05) is 13.8 Å². The number of carbonyl (C=O) groups excluding carboxylic acids is 1. The zero-order valence-electron chi connectivity index (χ0n) is 21.8. The van der Waals surface area contributed by atoms with Gasteiger partial charge in [0.05, 0.1) is 5.69 Å². The maximum Gasteiger partial charge on any atom is 0.233 e. The van der Waals surface area contributed by atoms with E-state index >= 15 is 0 Å². The summed E-state index contributed by atoms with van der Waals surface area (Å²) in [4.78, 5) is 30.6. The van der Waals surface area contributed by atoms with E-state index in [9.17, 15) is 9.90 Å². The lowest BCUT2D eigenvalue weighted by Gasteiger charge is -2.30. The average Bonchev–Trinajstić information content (AvgIpc) is 2.81. The molecule has 1 amide bonds. The third-order valence-corrected chi connectivity index (χ3v) is 5.93. The summed E-state index contributed by atoms with van der Waals surface area (Å²) in [6.07, 6.45) is 7.06. The van der Waals surface area contributed by atoms with E-state index in [2.05, 4.69) is 30.4 Å². The molecule has 1 aromatic heterocycles. The van der Waals surface area contributed by atoms with Crippen LogP contribution in [0.4, 0.5) is 29.2 Å². The second-order valence-electron chi connectivity index (χ2n) is 8.86. The summed E-state index contributed by atoms with van der Waals surface area (Å²) < 4.78 is 0. The molecule has 0 spiro atoms. The quantitative estimate of drug-likeness (QED) is 0.234. The van der Waals surface area contributed by atoms with Gasteiger partial charge in [0.25, 0.3) is 0 Å². The summed E-state index contributed by atoms with van der Waals surface area (Å²) in [6, 6.07) is 5.04. The molecule has 0 bridgehead atoms. The molecule has 2 saturated heterocycles. The van der Waals surface area contributed by atoms with Gasteiger partial charge in [0.1, 0.15) is 5.75 Å². The Labute approximate surface area is 219 Å². The number of hydrogen-bond acceptors (Lipinski definition) is 12. The lowest BCUT2D eigenvalue weighted by atomic mass is 10.1. The van der Waals surface area contributed by atoms with Crippen molar-refractivity contribution >= 4 is 35.1 Å². The average molecular weight is 516 g/mol. The van der Waals surface area contributed by atoms with Crippen molar-refractivity contribution in [3.8, 4) is 5.75 Å². The predicted octanol–water partition coefficient (Wildman–Crippen LogP) is 5.53. The van der Waals surface area contributed by atoms with Crippen molar-refractivity contribution in [2.45, 2.75) is 52.4 Å². The minimum absolute atomic E-state index is 0. The van der Waals surface area contributed by atoms with Crippen molar-refractivity contribution in [3.63, 3.8) is 0 Å². The minimum atomic E-state index is -0.168. The Morgan fingerprint density at radius 1 is 0.861 bits per heavy atom. The van der Waals surface area contributed by atoms with Gasteiger partial charge >= 0.3 is 0 Å². The Balaban J connectivity index is -0.000000510. The molecule has 0 unspecified atom stereocenters. The number of hydrogen-bond donors (Lipinski definition) is 7. The number of phenols is 1. The molecule has 3 heterocycles. The summed E-state index contributed by atoms with van der Waals surface area (Å²) in [5.41, 5.74) is 1.03. The Hall–Kier alpha value is -3.26. The molecule has 2 fully saturated rings. The molecule has 2 aliphatic rings. The molecule has 0 aliphatic carbocycles. The molecule has 2 aromatic rings. The van der Waals surface area contributed by atoms with Gasteiger partial charge in [-0.2, -0.15) is 15.0 Å². The SMILES string of the molecule is CC(C)C(=O)Nc1ccc(Nc2nc(N3CCCCC3)nc(N3CCCCC3)n2)cc1O.N.N.N.N.[HH].[HH].[HH].[HH]. The number of aromatic nitrogens is 3. The first kappa shape index (κ1) is 32.7. The van der Waals surface area contributed by atoms with Crippen molar-refractivity contribution in [1.29, 1.82) is 0 Å². The number of anilines is 5. The number of rotatable bonds is 6. The topological polar surface area (TPSA) is 247 Å². The van der Waals surface area contributed by atoms with Crippen LogP contribution in [0.1, 0.15) is 58.1 Å². The van der Waals surface area contributed by atoms with Crippen LogP contribution in [0.15, 0.2) is 18.2 Å². The van der Waals surface area contributed by atoms with Crippen LogP contribution >= 0.6 is 0 Å². The van der Waals surface area contributed by atoms with Crippen LogP contribution in [-0.4, -0.2) is 52.1 Å². The van der Waals surface area contributed by atoms with Gasteiger partial charge in [-0.05, 0) is 50.7 Å². The zero-order valence-corrected chi connectivity index (χ0v) is 21.8. The van der Waals surface area contributed by atoms with Gasteiger partial charge in [0, 0.05) is 49.6 Å². The Bertz CT molecular complexity index is 928. The number of piperidine rings is 2. The number of benzene rings is 1. The van der Waals surface area contributed by atoms with Gasteiger partial charge in [-0.25, -0.2) is 0 Å². The molecule has 1 aromatic carbocycles. The van der Waals surface area contributed by atoms with Crippen molar-refractivity contribution in [2.75, 3.05) is 46.6 Å². The van der Waals surface area contributed by atoms with Gasteiger partial charge in [0.15, 0.2) is 0 Å². The zero-order chi connectivity index (χ0) is 22.5. The fraction of sp³-hybridized carbons (Fsp3) is 0.565. The van der Waals surface area contributed by atoms with E-state index in [-0.39, 0.29) is 47.9 Å². The number of aromatic hydroxyl groups is 1. The predicted molar refractivity (Wildman–Crippen MR) is 155 cm³/mol. The molecule has 0 radical (unpaired) electrons. The van der Waals surface area contributed by atoms with E-state index in [0.717, 1.165) is 51.9 Å². The Morgan fingerprint density at radius 2 is 1.36 bits per heavy atom. The highest BCUT2D eigenvalue weighted by Crippen LogP contribution is 2.29. The van der Waals surface area contributed by atoms with Crippen LogP contribution in [0.25, 0.3) is 0 Å². The lowest BCUT2D eigenvalue weighted by Crippen LogP contribution is -2.34. The van der Waals surface area contributed by atoms with E-state index in [4.69, 9.17) is 4.98 Å². The van der Waals surface area contributed by atoms with Crippen LogP contribution < -0.4 is 45.0 Å². The summed E-state index contributed by atoms with van der Waals surface area (Å²) >= 11 is 0. The number of carbonyl (C=O) groups is 1. The summed E-state index contributed by atoms with van der Waals surface area (Å²) in [7, 11) is 0. The second-order valence-corrected chi connectivity index (χ2v) is 8.86. The van der Waals surface area contributed by atoms with E-state index in [1.54, 1.807) is 18.2 Å². The Morgan fingerprint density at radius 3 is 1.81 bits per heavy atom. The smallest absolute Gasteiger partial charge is 0.233 e. The van der Waals surface area contributed by atoms with E-state index in [1.165, 1.54) is 12.8 Å². The highest BCUT2D eigenvalue weighted by Gasteiger charge is 2.20. The molecule has 13 nitrogen and oxygen atoms in total. The van der Waals surface area contributed by atoms with E-state index in [0.29, 0.717) is 29.2 Å². The van der Waals surface area contributed by atoms with Crippen LogP contribution in [0.3, 0.4) is 0 Å². The van der Waals surface area contributed by atoms with Gasteiger partial charge < -0.3 is 50.1 Å². The number of nitrogens with one attached hydrogen (secondary N) is 2. The molecule has 2 aliphatic heterocycles. The van der Waals surface area contributed by atoms with Gasteiger partial charge in [-0.15, -0.1) is 0 Å². The molecular weight excluding hydrogens is 462 g/mol. The molecular formula is C23H53N11O2. The van der Waals surface area contributed by atoms with Crippen molar-refractivity contribution in [2.24, 2.45) is 5.92 Å². The number of nitrogens with zero attached hydrogens (tertiary/aromatic N) is 5. The molecule has 36 heavy (non-hydrogen) atoms. The fourth-order valence-corrected chi connectivity index (χ4v) is 4.00. The largest absolute Gasteiger partial charge is 0.506 e. The minimum Gasteiger partial charge on any atom is -0.506 e. The molecule has 0 saturated carbocycles. The first-order valence-corrected chi connectivity index (χ1v) is 11.7. The molecule has 15 N–H and O–H groups in total. The maximum atomic E-state index is 11.9. The lowest BCUT2D eigenvalue weighted by molar-refractivity contribution is -0.118. The first-order valence-electron chi connectivity index (χ1n) is 11.7. The monoisotopic (exact) mass is 515 g/mol. The van der Waals surface area contributed by atoms with E-state index in [1.807, 2.05) is 13.8 Å². The third kappa shape index (κ3) is 8.16. The highest BCUT2D eigenvalue weighted by atomic mass is 16.3. The Kier molecular flexibility index (Phi) is 13.6. The molecule has 13 heteroatoms. The standard InChI is InChI=1S/C23H33N7O2.4H3N.4H2/c1-16(2)20(32)25-18-10-9-17(15-19(18)31)24-21-26-22(29-11-5-3-6-12-29)28-23(27-21)30-13-7-4-8-14-30;;;;;;;;/h9-10,15-16,31H,3-8,11-14H2,1-2H3,(H,25,32)(H,24,26,27,28);4*1H3;4*1H. The van der Waals surface area contributed by atoms with Gasteiger partial charge in [0.2, 0.25) is 23.8 Å². The maximum absolute atomic E-state index is 11.9. The van der Waals surface area contributed by atoms with Crippen LogP contribution in [-0.2, 0) is 4.79 Å². The summed E-state index contributed by atoms with van der Waals surface area (Å²) in [5, 5.41) is 16.3. The fourth-order valence-electron chi connectivity index (χ4n) is 4.00.